The van der Waals surface area contributed by atoms with Gasteiger partial charge in [0, 0.05) is 28.2 Å². The summed E-state index contributed by atoms with van der Waals surface area (Å²) in [5.41, 5.74) is -1.31. The van der Waals surface area contributed by atoms with Gasteiger partial charge in [-0.15, -0.1) is 12.2 Å². The molecule has 1 unspecified atom stereocenters. The monoisotopic (exact) mass is 422 g/mol. The standard InChI is InChI=1S/C14H23N4OPS4/c1-12(21)16(4)20(22,23)17(5)24-18(14(19)15(2)3)11-13-9-7-6-8-10-13/h6-10H,11H2,1-5H3,(H,22,23). The molecule has 1 aromatic rings. The van der Waals surface area contributed by atoms with Gasteiger partial charge < -0.3 is 9.57 Å². The van der Waals surface area contributed by atoms with Crippen molar-refractivity contribution in [2.75, 3.05) is 28.2 Å². The van der Waals surface area contributed by atoms with Crippen LogP contribution in [0, 0.1) is 0 Å². The Bertz CT molecular complexity index is 628. The average Bonchev–Trinajstić information content (AvgIpc) is 2.53. The SMILES string of the molecule is CC(=S)N(C)P(=S)(S)N(C)SN(Cc1ccccc1)C(=O)N(C)C. The zero-order valence-electron chi connectivity index (χ0n) is 14.4. The molecule has 0 saturated carbocycles. The number of thiocarbonyl (C=S) groups is 1. The molecule has 5 nitrogen and oxygen atoms in total. The molecular weight excluding hydrogens is 399 g/mol. The summed E-state index contributed by atoms with van der Waals surface area (Å²) in [5.74, 6) is 0. The van der Waals surface area contributed by atoms with E-state index in [-0.39, 0.29) is 6.03 Å². The van der Waals surface area contributed by atoms with E-state index < -0.39 is 5.54 Å². The van der Waals surface area contributed by atoms with E-state index >= 15 is 0 Å². The topological polar surface area (TPSA) is 30.0 Å². The number of benzene rings is 1. The van der Waals surface area contributed by atoms with Gasteiger partial charge in [0.15, 0.2) is 5.54 Å². The lowest BCUT2D eigenvalue weighted by Gasteiger charge is -2.37. The molecule has 1 rings (SSSR count). The van der Waals surface area contributed by atoms with Crippen LogP contribution in [0.5, 0.6) is 0 Å². The maximum atomic E-state index is 12.5. The molecule has 0 spiro atoms. The van der Waals surface area contributed by atoms with Crippen molar-refractivity contribution in [2.24, 2.45) is 0 Å². The molecule has 0 aromatic heterocycles. The van der Waals surface area contributed by atoms with E-state index in [1.165, 1.54) is 12.1 Å². The predicted octanol–water partition coefficient (Wildman–Crippen LogP) is 4.10. The molecule has 0 aliphatic heterocycles. The van der Waals surface area contributed by atoms with Crippen molar-refractivity contribution in [2.45, 2.75) is 13.5 Å². The molecule has 10 heteroatoms. The first-order valence-electron chi connectivity index (χ1n) is 7.10. The number of hydrogen-bond donors (Lipinski definition) is 1. The van der Waals surface area contributed by atoms with Gasteiger partial charge in [0.2, 0.25) is 0 Å². The minimum absolute atomic E-state index is 0.110. The van der Waals surface area contributed by atoms with Crippen LogP contribution in [0.3, 0.4) is 0 Å². The lowest BCUT2D eigenvalue weighted by Crippen LogP contribution is -2.36. The molecule has 2 amide bonds. The number of rotatable bonds is 6. The van der Waals surface area contributed by atoms with Crippen molar-refractivity contribution >= 4 is 65.0 Å². The molecule has 134 valence electrons. The molecule has 0 heterocycles. The Labute approximate surface area is 164 Å². The number of carbonyl (C=O) groups excluding carboxylic acids is 1. The molecule has 0 aliphatic carbocycles. The molecule has 0 bridgehead atoms. The fraction of sp³-hybridized carbons (Fsp3) is 0.429. The van der Waals surface area contributed by atoms with Crippen LogP contribution in [0.2, 0.25) is 0 Å². The van der Waals surface area contributed by atoms with Crippen molar-refractivity contribution in [1.29, 1.82) is 0 Å². The van der Waals surface area contributed by atoms with E-state index in [2.05, 4.69) is 12.2 Å². The fourth-order valence-electron chi connectivity index (χ4n) is 1.67. The van der Waals surface area contributed by atoms with Crippen LogP contribution in [0.4, 0.5) is 4.79 Å². The van der Waals surface area contributed by atoms with Crippen molar-refractivity contribution in [1.82, 2.24) is 18.0 Å². The van der Waals surface area contributed by atoms with Crippen LogP contribution in [0.25, 0.3) is 0 Å². The summed E-state index contributed by atoms with van der Waals surface area (Å²) in [6.07, 6.45) is 0. The highest BCUT2D eigenvalue weighted by Gasteiger charge is 2.29. The van der Waals surface area contributed by atoms with E-state index in [1.807, 2.05) is 60.1 Å². The van der Waals surface area contributed by atoms with Gasteiger partial charge in [-0.1, -0.05) is 42.5 Å². The summed E-state index contributed by atoms with van der Waals surface area (Å²) in [7, 11) is 7.13. The minimum atomic E-state index is -2.36. The molecule has 0 fully saturated rings. The quantitative estimate of drug-likeness (QED) is 0.321. The molecular formula is C14H23N4OPS4. The van der Waals surface area contributed by atoms with Crippen LogP contribution in [-0.2, 0) is 18.4 Å². The summed E-state index contributed by atoms with van der Waals surface area (Å²) in [5, 5.41) is 0. The highest BCUT2D eigenvalue weighted by molar-refractivity contribution is 8.63. The third-order valence-electron chi connectivity index (χ3n) is 3.20. The number of urea groups is 1. The summed E-state index contributed by atoms with van der Waals surface area (Å²) in [4.78, 5) is 14.7. The second-order valence-electron chi connectivity index (χ2n) is 5.30. The normalized spacial score (nSPS) is 13.3. The van der Waals surface area contributed by atoms with Gasteiger partial charge >= 0.3 is 6.03 Å². The van der Waals surface area contributed by atoms with Gasteiger partial charge in [0.05, 0.1) is 23.7 Å². The van der Waals surface area contributed by atoms with Crippen LogP contribution in [-0.4, -0.2) is 57.2 Å². The number of carbonyl (C=O) groups is 1. The highest BCUT2D eigenvalue weighted by Crippen LogP contribution is 2.59. The fourth-order valence-corrected chi connectivity index (χ4v) is 6.13. The molecule has 0 aliphatic rings. The molecule has 24 heavy (non-hydrogen) atoms. The Kier molecular flexibility index (Phi) is 8.52. The van der Waals surface area contributed by atoms with E-state index in [4.69, 9.17) is 24.0 Å². The number of hydrogen-bond acceptors (Lipinski definition) is 4. The second-order valence-corrected chi connectivity index (χ2v) is 13.6. The number of amides is 2. The van der Waals surface area contributed by atoms with Crippen molar-refractivity contribution in [3.63, 3.8) is 0 Å². The third-order valence-corrected chi connectivity index (χ3v) is 10.8. The molecule has 0 N–H and O–H groups in total. The summed E-state index contributed by atoms with van der Waals surface area (Å²) >= 11 is 16.8. The van der Waals surface area contributed by atoms with Crippen LogP contribution >= 0.6 is 42.1 Å². The maximum Gasteiger partial charge on any atom is 0.330 e. The van der Waals surface area contributed by atoms with E-state index in [0.717, 1.165) is 5.56 Å². The van der Waals surface area contributed by atoms with Gasteiger partial charge in [-0.25, -0.2) is 9.10 Å². The van der Waals surface area contributed by atoms with Crippen LogP contribution in [0.1, 0.15) is 12.5 Å². The lowest BCUT2D eigenvalue weighted by atomic mass is 10.2. The van der Waals surface area contributed by atoms with Crippen molar-refractivity contribution in [3.05, 3.63) is 35.9 Å². The maximum absolute atomic E-state index is 12.5. The van der Waals surface area contributed by atoms with Gasteiger partial charge in [-0.2, -0.15) is 4.08 Å². The first kappa shape index (κ1) is 21.7. The Morgan fingerprint density at radius 1 is 1.21 bits per heavy atom. The molecule has 1 aromatic carbocycles. The smallest absolute Gasteiger partial charge is 0.330 e. The Hall–Kier alpha value is -0.310. The van der Waals surface area contributed by atoms with Crippen LogP contribution < -0.4 is 0 Å². The summed E-state index contributed by atoms with van der Waals surface area (Å²) < 4.78 is 5.32. The Morgan fingerprint density at radius 3 is 2.21 bits per heavy atom. The molecule has 0 radical (unpaired) electrons. The molecule has 0 saturated heterocycles. The highest BCUT2D eigenvalue weighted by atomic mass is 32.9. The average molecular weight is 423 g/mol. The van der Waals surface area contributed by atoms with Crippen LogP contribution in [0.15, 0.2) is 30.3 Å². The first-order valence-corrected chi connectivity index (χ1v) is 12.1. The zero-order chi connectivity index (χ0) is 18.5. The van der Waals surface area contributed by atoms with Crippen molar-refractivity contribution < 1.29 is 4.79 Å². The van der Waals surface area contributed by atoms with Gasteiger partial charge in [-0.3, -0.25) is 0 Å². The van der Waals surface area contributed by atoms with E-state index in [9.17, 15) is 4.79 Å². The van der Waals surface area contributed by atoms with Gasteiger partial charge in [-0.05, 0) is 24.3 Å². The molecule has 1 atom stereocenters. The number of thiol groups is 1. The predicted molar refractivity (Wildman–Crippen MR) is 116 cm³/mol. The third kappa shape index (κ3) is 5.89. The minimum Gasteiger partial charge on any atom is -0.330 e. The van der Waals surface area contributed by atoms with Gasteiger partial charge in [0.1, 0.15) is 0 Å². The second kappa shape index (κ2) is 9.40. The number of nitrogens with zero attached hydrogens (tertiary/aromatic N) is 4. The Morgan fingerprint density at radius 2 is 1.75 bits per heavy atom. The summed E-state index contributed by atoms with van der Waals surface area (Å²) in [6, 6.07) is 9.72. The Balaban J connectivity index is 2.98. The van der Waals surface area contributed by atoms with Gasteiger partial charge in [0.25, 0.3) is 0 Å². The van der Waals surface area contributed by atoms with Crippen molar-refractivity contribution in [3.8, 4) is 0 Å². The van der Waals surface area contributed by atoms with E-state index in [1.54, 1.807) is 23.3 Å². The van der Waals surface area contributed by atoms with E-state index in [0.29, 0.717) is 11.5 Å². The lowest BCUT2D eigenvalue weighted by molar-refractivity contribution is 0.198. The first-order chi connectivity index (χ1) is 11.1. The largest absolute Gasteiger partial charge is 0.330 e. The summed E-state index contributed by atoms with van der Waals surface area (Å²) in [6.45, 7) is 2.29. The zero-order valence-corrected chi connectivity index (χ0v) is 18.6.